The number of ether oxygens (including phenoxy) is 1. The first-order chi connectivity index (χ1) is 15.3. The van der Waals surface area contributed by atoms with Gasteiger partial charge in [0.2, 0.25) is 0 Å². The van der Waals surface area contributed by atoms with Gasteiger partial charge in [0.1, 0.15) is 11.4 Å². The van der Waals surface area contributed by atoms with Crippen molar-refractivity contribution in [3.05, 3.63) is 70.3 Å². The van der Waals surface area contributed by atoms with Crippen molar-refractivity contribution >= 4 is 17.6 Å². The molecule has 2 heterocycles. The monoisotopic (exact) mass is 430 g/mol. The van der Waals surface area contributed by atoms with Gasteiger partial charge in [0.15, 0.2) is 0 Å². The van der Waals surface area contributed by atoms with Crippen molar-refractivity contribution in [2.75, 3.05) is 20.1 Å². The molecular weight excluding hydrogens is 404 g/mol. The molecule has 0 fully saturated rings. The minimum Gasteiger partial charge on any atom is -0.483 e. The third-order valence-electron chi connectivity index (χ3n) is 6.07. The molecule has 164 valence electrons. The first-order valence-electron chi connectivity index (χ1n) is 10.6. The summed E-state index contributed by atoms with van der Waals surface area (Å²) in [7, 11) is 1.72. The molecule has 1 N–H and O–H groups in total. The number of benzene rings is 2. The van der Waals surface area contributed by atoms with Crippen molar-refractivity contribution in [3.8, 4) is 11.8 Å². The third-order valence-corrected chi connectivity index (χ3v) is 6.07. The largest absolute Gasteiger partial charge is 0.483 e. The maximum Gasteiger partial charge on any atom is 0.317 e. The van der Waals surface area contributed by atoms with Gasteiger partial charge in [0, 0.05) is 36.8 Å². The average molecular weight is 431 g/mol. The summed E-state index contributed by atoms with van der Waals surface area (Å²) in [4.78, 5) is 29.2. The normalized spacial score (nSPS) is 16.1. The second kappa shape index (κ2) is 8.04. The zero-order valence-electron chi connectivity index (χ0n) is 18.7. The van der Waals surface area contributed by atoms with Gasteiger partial charge in [-0.3, -0.25) is 4.79 Å². The van der Waals surface area contributed by atoms with Crippen LogP contribution in [-0.2, 0) is 6.54 Å². The summed E-state index contributed by atoms with van der Waals surface area (Å²) in [5.74, 6) is 0.504. The summed E-state index contributed by atoms with van der Waals surface area (Å²) in [6, 6.07) is 14.7. The van der Waals surface area contributed by atoms with Crippen molar-refractivity contribution in [1.29, 1.82) is 5.26 Å². The Kier molecular flexibility index (Phi) is 5.39. The van der Waals surface area contributed by atoms with E-state index in [4.69, 9.17) is 4.74 Å². The van der Waals surface area contributed by atoms with E-state index in [-0.39, 0.29) is 18.5 Å². The molecule has 7 nitrogen and oxygen atoms in total. The van der Waals surface area contributed by atoms with Crippen LogP contribution < -0.4 is 10.1 Å². The fourth-order valence-electron chi connectivity index (χ4n) is 4.14. The molecule has 4 rings (SSSR count). The molecule has 0 aromatic heterocycles. The first kappa shape index (κ1) is 21.4. The molecule has 0 saturated carbocycles. The molecule has 2 aromatic rings. The standard InChI is InChI=1S/C25H26N4O3/c1-5-28(4)24(31)27-14-20-22(29-15-17-8-6-7-9-18(17)23(29)30)19-12-16(13-26)10-11-21(19)32-25(20,2)3/h6-12H,5,14-15H2,1-4H3,(H,27,31). The van der Waals surface area contributed by atoms with Crippen molar-refractivity contribution in [1.82, 2.24) is 15.1 Å². The highest BCUT2D eigenvalue weighted by Crippen LogP contribution is 2.44. The number of carbonyl (C=O) groups excluding carboxylic acids is 2. The lowest BCUT2D eigenvalue weighted by Crippen LogP contribution is -2.45. The summed E-state index contributed by atoms with van der Waals surface area (Å²) in [6.45, 7) is 6.95. The molecule has 2 aliphatic rings. The molecule has 7 heteroatoms. The van der Waals surface area contributed by atoms with E-state index in [9.17, 15) is 14.9 Å². The molecular formula is C25H26N4O3. The highest BCUT2D eigenvalue weighted by atomic mass is 16.5. The van der Waals surface area contributed by atoms with Crippen LogP contribution in [0.25, 0.3) is 5.70 Å². The van der Waals surface area contributed by atoms with Crippen LogP contribution in [0.4, 0.5) is 4.79 Å². The Morgan fingerprint density at radius 2 is 2.00 bits per heavy atom. The Morgan fingerprint density at radius 3 is 2.69 bits per heavy atom. The molecule has 0 atom stereocenters. The number of nitrogens with zero attached hydrogens (tertiary/aromatic N) is 3. The van der Waals surface area contributed by atoms with Crippen LogP contribution in [0.1, 0.15) is 47.8 Å². The molecule has 0 unspecified atom stereocenters. The first-order valence-corrected chi connectivity index (χ1v) is 10.6. The van der Waals surface area contributed by atoms with Gasteiger partial charge in [-0.1, -0.05) is 18.2 Å². The number of rotatable bonds is 4. The Bertz CT molecular complexity index is 1180. The van der Waals surface area contributed by atoms with Crippen molar-refractivity contribution in [2.24, 2.45) is 0 Å². The minimum absolute atomic E-state index is 0.101. The lowest BCUT2D eigenvalue weighted by Gasteiger charge is -2.39. The smallest absolute Gasteiger partial charge is 0.317 e. The number of nitriles is 1. The zero-order chi connectivity index (χ0) is 23.0. The predicted molar refractivity (Wildman–Crippen MR) is 121 cm³/mol. The highest BCUT2D eigenvalue weighted by molar-refractivity contribution is 6.04. The summed E-state index contributed by atoms with van der Waals surface area (Å²) < 4.78 is 6.28. The van der Waals surface area contributed by atoms with Gasteiger partial charge in [-0.05, 0) is 50.6 Å². The molecule has 0 radical (unpaired) electrons. The quantitative estimate of drug-likeness (QED) is 0.800. The third kappa shape index (κ3) is 3.58. The Labute approximate surface area is 187 Å². The minimum atomic E-state index is -0.774. The van der Waals surface area contributed by atoms with Gasteiger partial charge in [0.25, 0.3) is 5.91 Å². The van der Waals surface area contributed by atoms with E-state index in [1.54, 1.807) is 35.0 Å². The number of hydrogen-bond donors (Lipinski definition) is 1. The summed E-state index contributed by atoms with van der Waals surface area (Å²) in [6.07, 6.45) is 0. The van der Waals surface area contributed by atoms with E-state index < -0.39 is 5.60 Å². The van der Waals surface area contributed by atoms with Gasteiger partial charge < -0.3 is 19.9 Å². The van der Waals surface area contributed by atoms with Crippen molar-refractivity contribution in [3.63, 3.8) is 0 Å². The maximum absolute atomic E-state index is 13.4. The number of hydrogen-bond acceptors (Lipinski definition) is 4. The van der Waals surface area contributed by atoms with Crippen LogP contribution in [0.3, 0.4) is 0 Å². The predicted octanol–water partition coefficient (Wildman–Crippen LogP) is 3.76. The molecule has 2 aliphatic heterocycles. The van der Waals surface area contributed by atoms with E-state index in [1.807, 2.05) is 45.0 Å². The summed E-state index contributed by atoms with van der Waals surface area (Å²) >= 11 is 0. The molecule has 0 aliphatic carbocycles. The van der Waals surface area contributed by atoms with E-state index in [0.717, 1.165) is 11.1 Å². The van der Waals surface area contributed by atoms with Crippen LogP contribution in [0.2, 0.25) is 0 Å². The second-order valence-corrected chi connectivity index (χ2v) is 8.48. The lowest BCUT2D eigenvalue weighted by molar-refractivity contribution is 0.0843. The molecule has 0 spiro atoms. The highest BCUT2D eigenvalue weighted by Gasteiger charge is 2.41. The fourth-order valence-corrected chi connectivity index (χ4v) is 4.14. The van der Waals surface area contributed by atoms with Gasteiger partial charge in [-0.2, -0.15) is 5.26 Å². The van der Waals surface area contributed by atoms with Gasteiger partial charge in [-0.15, -0.1) is 0 Å². The molecule has 32 heavy (non-hydrogen) atoms. The summed E-state index contributed by atoms with van der Waals surface area (Å²) in [5, 5.41) is 12.4. The van der Waals surface area contributed by atoms with E-state index in [1.165, 1.54) is 0 Å². The molecule has 0 bridgehead atoms. The van der Waals surface area contributed by atoms with E-state index in [0.29, 0.717) is 41.2 Å². The van der Waals surface area contributed by atoms with Crippen LogP contribution in [-0.4, -0.2) is 47.5 Å². The number of amides is 3. The number of urea groups is 1. The van der Waals surface area contributed by atoms with Gasteiger partial charge in [-0.25, -0.2) is 4.79 Å². The molecule has 3 amide bonds. The second-order valence-electron chi connectivity index (χ2n) is 8.48. The fraction of sp³-hybridized carbons (Fsp3) is 0.320. The summed E-state index contributed by atoms with van der Waals surface area (Å²) in [5.41, 5.74) is 3.45. The lowest BCUT2D eigenvalue weighted by atomic mass is 9.88. The number of fused-ring (bicyclic) bond motifs is 2. The van der Waals surface area contributed by atoms with E-state index in [2.05, 4.69) is 11.4 Å². The zero-order valence-corrected chi connectivity index (χ0v) is 18.7. The van der Waals surface area contributed by atoms with Crippen LogP contribution in [0.5, 0.6) is 5.75 Å². The Morgan fingerprint density at radius 1 is 1.25 bits per heavy atom. The average Bonchev–Trinajstić information content (AvgIpc) is 3.12. The maximum atomic E-state index is 13.4. The van der Waals surface area contributed by atoms with Crippen LogP contribution >= 0.6 is 0 Å². The number of nitrogens with one attached hydrogen (secondary N) is 1. The van der Waals surface area contributed by atoms with Gasteiger partial charge in [0.05, 0.1) is 23.9 Å². The van der Waals surface area contributed by atoms with Crippen LogP contribution in [0, 0.1) is 11.3 Å². The molecule has 2 aromatic carbocycles. The molecule has 0 saturated heterocycles. The van der Waals surface area contributed by atoms with E-state index >= 15 is 0 Å². The Hall–Kier alpha value is -3.79. The van der Waals surface area contributed by atoms with Crippen molar-refractivity contribution < 1.29 is 14.3 Å². The Balaban J connectivity index is 1.86. The van der Waals surface area contributed by atoms with Crippen LogP contribution in [0.15, 0.2) is 48.0 Å². The number of carbonyl (C=O) groups is 2. The van der Waals surface area contributed by atoms with Gasteiger partial charge >= 0.3 is 6.03 Å². The SMILES string of the molecule is CCN(C)C(=O)NCC1=C(N2Cc3ccccc3C2=O)c2cc(C#N)ccc2OC1(C)C. The van der Waals surface area contributed by atoms with Crippen molar-refractivity contribution in [2.45, 2.75) is 32.9 Å². The topological polar surface area (TPSA) is 85.7 Å².